The number of halogens is 3. The highest BCUT2D eigenvalue weighted by Gasteiger charge is 2.52. The first-order valence-corrected chi connectivity index (χ1v) is 20.0. The molecular formula is C30H47F3O5Si2. The van der Waals surface area contributed by atoms with E-state index in [0.29, 0.717) is 12.8 Å². The molecule has 0 bridgehead atoms. The molecule has 10 heteroatoms. The van der Waals surface area contributed by atoms with E-state index >= 15 is 0 Å². The number of fused-ring (bicyclic) bond motifs is 1. The van der Waals surface area contributed by atoms with Crippen LogP contribution in [0.2, 0.25) is 36.3 Å². The lowest BCUT2D eigenvalue weighted by atomic mass is 9.91. The minimum Gasteiger partial charge on any atom is -0.491 e. The summed E-state index contributed by atoms with van der Waals surface area (Å²) in [5.74, 6) is -0.0517. The van der Waals surface area contributed by atoms with Gasteiger partial charge in [-0.3, -0.25) is 4.79 Å². The van der Waals surface area contributed by atoms with Crippen molar-refractivity contribution in [2.75, 3.05) is 6.61 Å². The van der Waals surface area contributed by atoms with Gasteiger partial charge in [-0.1, -0.05) is 59.8 Å². The van der Waals surface area contributed by atoms with E-state index in [9.17, 15) is 18.0 Å². The second-order valence-electron chi connectivity index (χ2n) is 14.3. The lowest BCUT2D eigenvalue weighted by Gasteiger charge is -2.40. The first-order chi connectivity index (χ1) is 18.1. The van der Waals surface area contributed by atoms with Crippen molar-refractivity contribution in [1.29, 1.82) is 0 Å². The zero-order chi connectivity index (χ0) is 30.3. The van der Waals surface area contributed by atoms with Gasteiger partial charge in [0.05, 0.1) is 24.2 Å². The molecule has 3 rings (SSSR count). The largest absolute Gasteiger partial charge is 0.491 e. The summed E-state index contributed by atoms with van der Waals surface area (Å²) in [5.41, 5.74) is -0.754. The fourth-order valence-electron chi connectivity index (χ4n) is 4.72. The highest BCUT2D eigenvalue weighted by Crippen LogP contribution is 2.47. The molecule has 1 saturated heterocycles. The summed E-state index contributed by atoms with van der Waals surface area (Å²) in [7, 11) is -4.35. The summed E-state index contributed by atoms with van der Waals surface area (Å²) < 4.78 is 64.8. The molecule has 0 spiro atoms. The Balaban J connectivity index is 1.87. The molecule has 5 nitrogen and oxygen atoms in total. The number of alkyl halides is 3. The van der Waals surface area contributed by atoms with Gasteiger partial charge < -0.3 is 18.3 Å². The number of hydrogen-bond acceptors (Lipinski definition) is 5. The normalized spacial score (nSPS) is 25.3. The summed E-state index contributed by atoms with van der Waals surface area (Å²) in [6, 6.07) is 4.91. The van der Waals surface area contributed by atoms with Crippen LogP contribution in [0.25, 0.3) is 0 Å². The Kier molecular flexibility index (Phi) is 9.51. The molecule has 1 aromatic rings. The summed E-state index contributed by atoms with van der Waals surface area (Å²) >= 11 is 0. The van der Waals surface area contributed by atoms with Crippen LogP contribution in [0.5, 0.6) is 5.75 Å². The number of carbonyl (C=O) groups is 1. The number of rotatable bonds is 9. The number of hydrogen-bond donors (Lipinski definition) is 0. The van der Waals surface area contributed by atoms with E-state index in [0.717, 1.165) is 12.1 Å². The third-order valence-corrected chi connectivity index (χ3v) is 18.2. The molecule has 0 unspecified atom stereocenters. The Bertz CT molecular complexity index is 1070. The van der Waals surface area contributed by atoms with Gasteiger partial charge in [-0.05, 0) is 54.5 Å². The smallest absolute Gasteiger partial charge is 0.416 e. The monoisotopic (exact) mass is 600 g/mol. The van der Waals surface area contributed by atoms with Gasteiger partial charge in [0.15, 0.2) is 16.6 Å². The average molecular weight is 601 g/mol. The van der Waals surface area contributed by atoms with Crippen LogP contribution in [0.15, 0.2) is 36.4 Å². The molecule has 0 N–H and O–H groups in total. The van der Waals surface area contributed by atoms with E-state index in [2.05, 4.69) is 73.8 Å². The number of ether oxygens (including phenoxy) is 2. The summed E-state index contributed by atoms with van der Waals surface area (Å²) in [5, 5.41) is -0.0458. The van der Waals surface area contributed by atoms with Crippen molar-refractivity contribution in [3.05, 3.63) is 42.0 Å². The lowest BCUT2D eigenvalue weighted by Crippen LogP contribution is -2.45. The van der Waals surface area contributed by atoms with Crippen LogP contribution < -0.4 is 4.74 Å². The average Bonchev–Trinajstić information content (AvgIpc) is 3.28. The minimum absolute atomic E-state index is 0.0245. The fraction of sp³-hybridized carbons (Fsp3) is 0.700. The van der Waals surface area contributed by atoms with Crippen molar-refractivity contribution >= 4 is 22.6 Å². The van der Waals surface area contributed by atoms with Crippen LogP contribution in [-0.4, -0.2) is 47.5 Å². The van der Waals surface area contributed by atoms with Gasteiger partial charge >= 0.3 is 12.1 Å². The first kappa shape index (κ1) is 32.9. The topological polar surface area (TPSA) is 54.0 Å². The lowest BCUT2D eigenvalue weighted by molar-refractivity contribution is -0.142. The maximum atomic E-state index is 13.2. The van der Waals surface area contributed by atoms with E-state index < -0.39 is 34.5 Å². The molecule has 226 valence electrons. The van der Waals surface area contributed by atoms with Crippen LogP contribution in [0.1, 0.15) is 59.9 Å². The van der Waals surface area contributed by atoms with Gasteiger partial charge in [0.1, 0.15) is 18.5 Å². The van der Waals surface area contributed by atoms with Gasteiger partial charge in [0, 0.05) is 18.3 Å². The molecule has 0 radical (unpaired) electrons. The highest BCUT2D eigenvalue weighted by molar-refractivity contribution is 6.74. The Morgan fingerprint density at radius 3 is 2.23 bits per heavy atom. The SMILES string of the molecule is CC(C)(C)[Si](C)(C)O[C@H](/C=C/[C@H]1[C@H]2CC(=O)O[C@H]2C[C@H]1O[Si](C)(C)C(C)(C)C)COc1cccc(C(F)(F)F)c1. The van der Waals surface area contributed by atoms with E-state index in [-0.39, 0.29) is 52.4 Å². The van der Waals surface area contributed by atoms with Gasteiger partial charge in [-0.2, -0.15) is 13.2 Å². The summed E-state index contributed by atoms with van der Waals surface area (Å²) in [6.45, 7) is 21.8. The van der Waals surface area contributed by atoms with Crippen molar-refractivity contribution in [3.63, 3.8) is 0 Å². The van der Waals surface area contributed by atoms with E-state index in [1.807, 2.05) is 6.08 Å². The predicted octanol–water partition coefficient (Wildman–Crippen LogP) is 8.37. The second kappa shape index (κ2) is 11.6. The van der Waals surface area contributed by atoms with Gasteiger partial charge in [0.25, 0.3) is 0 Å². The van der Waals surface area contributed by atoms with Crippen LogP contribution in [0.4, 0.5) is 13.2 Å². The maximum absolute atomic E-state index is 13.2. The van der Waals surface area contributed by atoms with E-state index in [1.165, 1.54) is 12.1 Å². The van der Waals surface area contributed by atoms with Gasteiger partial charge in [-0.25, -0.2) is 0 Å². The van der Waals surface area contributed by atoms with Crippen LogP contribution >= 0.6 is 0 Å². The highest BCUT2D eigenvalue weighted by atomic mass is 28.4. The third-order valence-electron chi connectivity index (χ3n) is 9.18. The van der Waals surface area contributed by atoms with Crippen LogP contribution in [-0.2, 0) is 24.6 Å². The third kappa shape index (κ3) is 7.80. The number of carbonyl (C=O) groups excluding carboxylic acids is 1. The Hall–Kier alpha value is -1.63. The number of esters is 1. The predicted molar refractivity (Wildman–Crippen MR) is 156 cm³/mol. The molecule has 5 atom stereocenters. The first-order valence-electron chi connectivity index (χ1n) is 14.1. The molecule has 1 saturated carbocycles. The zero-order valence-electron chi connectivity index (χ0n) is 25.6. The molecule has 1 aromatic carbocycles. The van der Waals surface area contributed by atoms with Crippen molar-refractivity contribution in [3.8, 4) is 5.75 Å². The van der Waals surface area contributed by atoms with Gasteiger partial charge in [0.2, 0.25) is 0 Å². The molecule has 0 amide bonds. The second-order valence-corrected chi connectivity index (χ2v) is 23.8. The molecule has 2 fully saturated rings. The summed E-state index contributed by atoms with van der Waals surface area (Å²) in [6.07, 6.45) is -0.131. The molecule has 2 aliphatic rings. The molecule has 1 aliphatic heterocycles. The van der Waals surface area contributed by atoms with Crippen molar-refractivity contribution in [1.82, 2.24) is 0 Å². The van der Waals surface area contributed by atoms with Gasteiger partial charge in [-0.15, -0.1) is 0 Å². The Morgan fingerprint density at radius 1 is 1.02 bits per heavy atom. The number of benzene rings is 1. The molecule has 40 heavy (non-hydrogen) atoms. The Labute approximate surface area is 240 Å². The quantitative estimate of drug-likeness (QED) is 0.162. The standard InChI is InChI=1S/C30H47F3O5Si2/c1-28(2,3)39(7,8)37-22(19-35-21-13-11-12-20(16-21)30(31,32)33)14-15-23-24-17-27(34)36-25(24)18-26(23)38-40(9,10)29(4,5)6/h11-16,22-26H,17-19H2,1-10H3/b15-14+/t22-,23+,24-,25+,26-/m1/s1. The van der Waals surface area contributed by atoms with E-state index in [4.69, 9.17) is 18.3 Å². The van der Waals surface area contributed by atoms with E-state index in [1.54, 1.807) is 0 Å². The minimum atomic E-state index is -4.45. The van der Waals surface area contributed by atoms with Crippen LogP contribution in [0.3, 0.4) is 0 Å². The summed E-state index contributed by atoms with van der Waals surface area (Å²) in [4.78, 5) is 12.1. The fourth-order valence-corrected chi connectivity index (χ4v) is 7.34. The maximum Gasteiger partial charge on any atom is 0.416 e. The molecular weight excluding hydrogens is 553 g/mol. The molecule has 1 heterocycles. The van der Waals surface area contributed by atoms with Crippen molar-refractivity contribution < 1.29 is 36.3 Å². The molecule has 0 aromatic heterocycles. The molecule has 1 aliphatic carbocycles. The van der Waals surface area contributed by atoms with Crippen molar-refractivity contribution in [2.45, 2.75) is 115 Å². The Morgan fingerprint density at radius 2 is 1.65 bits per heavy atom. The zero-order valence-corrected chi connectivity index (χ0v) is 27.6. The van der Waals surface area contributed by atoms with Crippen molar-refractivity contribution in [2.24, 2.45) is 11.8 Å². The van der Waals surface area contributed by atoms with Crippen LogP contribution in [0, 0.1) is 11.8 Å².